The molecule has 90 valence electrons. The van der Waals surface area contributed by atoms with Crippen LogP contribution in [-0.2, 0) is 21.5 Å². The molecular formula is C8H9F3NO3P. The third kappa shape index (κ3) is 3.61. The molecular weight excluding hydrogens is 246 g/mol. The van der Waals surface area contributed by atoms with Crippen LogP contribution in [0.1, 0.15) is 11.1 Å². The van der Waals surface area contributed by atoms with Crippen molar-refractivity contribution in [3.05, 3.63) is 35.4 Å². The first-order chi connectivity index (χ1) is 7.24. The van der Waals surface area contributed by atoms with Gasteiger partial charge in [0.25, 0.3) is 0 Å². The number of alkyl halides is 3. The van der Waals surface area contributed by atoms with Gasteiger partial charge < -0.3 is 4.89 Å². The van der Waals surface area contributed by atoms with E-state index in [1.165, 1.54) is 0 Å². The zero-order valence-electron chi connectivity index (χ0n) is 7.94. The monoisotopic (exact) mass is 255 g/mol. The maximum atomic E-state index is 12.2. The van der Waals surface area contributed by atoms with Crippen LogP contribution in [0, 0.1) is 0 Å². The van der Waals surface area contributed by atoms with E-state index >= 15 is 0 Å². The molecule has 1 rings (SSSR count). The summed E-state index contributed by atoms with van der Waals surface area (Å²) < 4.78 is 51.4. The predicted octanol–water partition coefficient (Wildman–Crippen LogP) is 2.28. The zero-order chi connectivity index (χ0) is 12.4. The Bertz CT molecular complexity index is 404. The molecule has 0 spiro atoms. The molecule has 0 bridgehead atoms. The van der Waals surface area contributed by atoms with E-state index in [1.807, 2.05) is 0 Å². The lowest BCUT2D eigenvalue weighted by atomic mass is 10.1. The highest BCUT2D eigenvalue weighted by atomic mass is 31.2. The van der Waals surface area contributed by atoms with Crippen LogP contribution in [0.4, 0.5) is 13.2 Å². The Morgan fingerprint density at radius 3 is 2.19 bits per heavy atom. The fraction of sp³-hybridized carbons (Fsp3) is 0.250. The standard InChI is InChI=1S/C8H9F3NO3P/c9-8(10,11)7-3-1-6(2-4-7)5-16(13,14)15-12/h1-4H,5,12H2,(H,13,14). The molecule has 0 aliphatic rings. The Kier molecular flexibility index (Phi) is 3.75. The van der Waals surface area contributed by atoms with Crippen LogP contribution in [0.25, 0.3) is 0 Å². The van der Waals surface area contributed by atoms with Crippen LogP contribution in [0.2, 0.25) is 0 Å². The Morgan fingerprint density at radius 2 is 1.81 bits per heavy atom. The lowest BCUT2D eigenvalue weighted by Gasteiger charge is -2.09. The largest absolute Gasteiger partial charge is 0.416 e. The van der Waals surface area contributed by atoms with Crippen molar-refractivity contribution in [1.29, 1.82) is 0 Å². The molecule has 1 unspecified atom stereocenters. The molecule has 4 nitrogen and oxygen atoms in total. The summed E-state index contributed by atoms with van der Waals surface area (Å²) >= 11 is 0. The van der Waals surface area contributed by atoms with E-state index in [1.54, 1.807) is 0 Å². The highest BCUT2D eigenvalue weighted by Crippen LogP contribution is 2.43. The minimum Gasteiger partial charge on any atom is -0.323 e. The Labute approximate surface area is 89.3 Å². The summed E-state index contributed by atoms with van der Waals surface area (Å²) in [5, 5.41) is 0. The highest BCUT2D eigenvalue weighted by Gasteiger charge is 2.30. The molecule has 0 heterocycles. The molecule has 16 heavy (non-hydrogen) atoms. The van der Waals surface area contributed by atoms with Gasteiger partial charge in [0.15, 0.2) is 0 Å². The highest BCUT2D eigenvalue weighted by molar-refractivity contribution is 7.51. The summed E-state index contributed by atoms with van der Waals surface area (Å²) in [5.74, 6) is 4.56. The lowest BCUT2D eigenvalue weighted by Crippen LogP contribution is -2.05. The van der Waals surface area contributed by atoms with Gasteiger partial charge in [0.2, 0.25) is 0 Å². The van der Waals surface area contributed by atoms with Crippen LogP contribution in [0.5, 0.6) is 0 Å². The minimum atomic E-state index is -4.42. The molecule has 0 aliphatic heterocycles. The van der Waals surface area contributed by atoms with Gasteiger partial charge in [0, 0.05) is 0 Å². The molecule has 1 aromatic carbocycles. The van der Waals surface area contributed by atoms with Gasteiger partial charge >= 0.3 is 13.8 Å². The molecule has 0 fully saturated rings. The van der Waals surface area contributed by atoms with E-state index in [0.717, 1.165) is 24.3 Å². The van der Waals surface area contributed by atoms with E-state index in [-0.39, 0.29) is 5.56 Å². The van der Waals surface area contributed by atoms with E-state index in [4.69, 9.17) is 4.89 Å². The summed E-state index contributed by atoms with van der Waals surface area (Å²) in [7, 11) is -3.95. The fourth-order valence-electron chi connectivity index (χ4n) is 1.07. The second kappa shape index (κ2) is 4.55. The number of rotatable bonds is 3. The number of hydrogen-bond acceptors (Lipinski definition) is 3. The van der Waals surface area contributed by atoms with E-state index in [2.05, 4.69) is 10.5 Å². The van der Waals surface area contributed by atoms with Crippen LogP contribution in [0.15, 0.2) is 24.3 Å². The minimum absolute atomic E-state index is 0.240. The van der Waals surface area contributed by atoms with Crippen LogP contribution in [0.3, 0.4) is 0 Å². The maximum Gasteiger partial charge on any atom is 0.416 e. The summed E-state index contributed by atoms with van der Waals surface area (Å²) in [6, 6.07) is 3.85. The van der Waals surface area contributed by atoms with E-state index in [9.17, 15) is 17.7 Å². The van der Waals surface area contributed by atoms with Gasteiger partial charge in [-0.25, -0.2) is 10.5 Å². The van der Waals surface area contributed by atoms with Gasteiger partial charge in [-0.05, 0) is 17.7 Å². The number of halogens is 3. The predicted molar refractivity (Wildman–Crippen MR) is 50.2 cm³/mol. The number of benzene rings is 1. The van der Waals surface area contributed by atoms with Gasteiger partial charge in [-0.15, -0.1) is 0 Å². The number of nitrogens with two attached hydrogens (primary N) is 1. The van der Waals surface area contributed by atoms with Crippen molar-refractivity contribution < 1.29 is 27.3 Å². The van der Waals surface area contributed by atoms with E-state index in [0.29, 0.717) is 0 Å². The van der Waals surface area contributed by atoms with Crippen molar-refractivity contribution in [2.75, 3.05) is 0 Å². The van der Waals surface area contributed by atoms with Crippen molar-refractivity contribution in [3.8, 4) is 0 Å². The van der Waals surface area contributed by atoms with Gasteiger partial charge in [-0.1, -0.05) is 12.1 Å². The summed E-state index contributed by atoms with van der Waals surface area (Å²) in [6.45, 7) is 0. The van der Waals surface area contributed by atoms with Crippen LogP contribution >= 0.6 is 7.60 Å². The van der Waals surface area contributed by atoms with Gasteiger partial charge in [0.05, 0.1) is 11.7 Å². The Morgan fingerprint density at radius 1 is 1.31 bits per heavy atom. The lowest BCUT2D eigenvalue weighted by molar-refractivity contribution is -0.137. The van der Waals surface area contributed by atoms with Crippen molar-refractivity contribution in [1.82, 2.24) is 0 Å². The van der Waals surface area contributed by atoms with Crippen molar-refractivity contribution in [2.24, 2.45) is 5.90 Å². The quantitative estimate of drug-likeness (QED) is 0.642. The smallest absolute Gasteiger partial charge is 0.323 e. The molecule has 1 atom stereocenters. The molecule has 3 N–H and O–H groups in total. The van der Waals surface area contributed by atoms with Crippen LogP contribution < -0.4 is 5.90 Å². The maximum absolute atomic E-state index is 12.2. The summed E-state index contributed by atoms with van der Waals surface area (Å²) in [4.78, 5) is 8.99. The third-order valence-electron chi connectivity index (χ3n) is 1.83. The zero-order valence-corrected chi connectivity index (χ0v) is 8.83. The molecule has 0 aliphatic carbocycles. The van der Waals surface area contributed by atoms with Gasteiger partial charge in [-0.3, -0.25) is 4.57 Å². The average molecular weight is 255 g/mol. The second-order valence-electron chi connectivity index (χ2n) is 3.10. The molecule has 0 radical (unpaired) electrons. The SMILES string of the molecule is NOP(=O)(O)Cc1ccc(C(F)(F)F)cc1. The molecule has 1 aromatic rings. The topological polar surface area (TPSA) is 72.5 Å². The summed E-state index contributed by atoms with van der Waals surface area (Å²) in [6.07, 6.45) is -4.85. The first kappa shape index (κ1) is 13.2. The Balaban J connectivity index is 2.84. The molecule has 0 saturated heterocycles. The Hall–Kier alpha value is -0.880. The second-order valence-corrected chi connectivity index (χ2v) is 4.90. The van der Waals surface area contributed by atoms with Crippen molar-refractivity contribution >= 4 is 7.60 Å². The van der Waals surface area contributed by atoms with Crippen molar-refractivity contribution in [3.63, 3.8) is 0 Å². The van der Waals surface area contributed by atoms with Gasteiger partial charge in [0.1, 0.15) is 0 Å². The molecule has 0 aromatic heterocycles. The third-order valence-corrected chi connectivity index (χ3v) is 2.92. The number of hydrogen-bond donors (Lipinski definition) is 2. The molecule has 8 heteroatoms. The molecule has 0 saturated carbocycles. The van der Waals surface area contributed by atoms with E-state index < -0.39 is 25.5 Å². The summed E-state index contributed by atoms with van der Waals surface area (Å²) in [5.41, 5.74) is -0.582. The van der Waals surface area contributed by atoms with Crippen LogP contribution in [-0.4, -0.2) is 4.89 Å². The first-order valence-electron chi connectivity index (χ1n) is 4.11. The normalized spacial score (nSPS) is 15.8. The fourth-order valence-corrected chi connectivity index (χ4v) is 1.81. The average Bonchev–Trinajstić information content (AvgIpc) is 2.16. The van der Waals surface area contributed by atoms with Crippen molar-refractivity contribution in [2.45, 2.75) is 12.3 Å². The van der Waals surface area contributed by atoms with Gasteiger partial charge in [-0.2, -0.15) is 13.2 Å². The molecule has 0 amide bonds. The first-order valence-corrected chi connectivity index (χ1v) is 5.87.